The number of carbonyl (C=O) groups excluding carboxylic acids is 1. The van der Waals surface area contributed by atoms with E-state index in [9.17, 15) is 17.6 Å². The Bertz CT molecular complexity index is 883. The highest BCUT2D eigenvalue weighted by atomic mass is 32.2. The smallest absolute Gasteiger partial charge is 0.243 e. The van der Waals surface area contributed by atoms with Crippen molar-refractivity contribution in [3.63, 3.8) is 0 Å². The molecular weight excluding hydrogens is 359 g/mol. The molecule has 0 aliphatic heterocycles. The Balaban J connectivity index is 2.09. The molecule has 0 fully saturated rings. The van der Waals surface area contributed by atoms with Crippen LogP contribution in [-0.4, -0.2) is 38.8 Å². The van der Waals surface area contributed by atoms with Crippen molar-refractivity contribution in [3.05, 3.63) is 53.8 Å². The fourth-order valence-corrected chi connectivity index (χ4v) is 3.51. The van der Waals surface area contributed by atoms with Gasteiger partial charge in [-0.2, -0.15) is 4.31 Å². The number of benzene rings is 2. The van der Waals surface area contributed by atoms with Gasteiger partial charge in [-0.1, -0.05) is 0 Å². The van der Waals surface area contributed by atoms with Crippen molar-refractivity contribution in [2.45, 2.75) is 18.7 Å². The highest BCUT2D eigenvalue weighted by molar-refractivity contribution is 7.89. The van der Waals surface area contributed by atoms with Crippen LogP contribution in [0.4, 0.5) is 10.1 Å². The van der Waals surface area contributed by atoms with E-state index in [0.29, 0.717) is 23.6 Å². The first-order valence-corrected chi connectivity index (χ1v) is 9.43. The van der Waals surface area contributed by atoms with Crippen molar-refractivity contribution in [1.82, 2.24) is 4.31 Å². The lowest BCUT2D eigenvalue weighted by Gasteiger charge is -2.18. The van der Waals surface area contributed by atoms with Gasteiger partial charge in [0.05, 0.1) is 18.0 Å². The summed E-state index contributed by atoms with van der Waals surface area (Å²) < 4.78 is 44.5. The lowest BCUT2D eigenvalue weighted by Crippen LogP contribution is -2.35. The number of rotatable bonds is 7. The molecule has 6 nitrogen and oxygen atoms in total. The molecule has 26 heavy (non-hydrogen) atoms. The van der Waals surface area contributed by atoms with Gasteiger partial charge in [-0.25, -0.2) is 12.8 Å². The third-order valence-corrected chi connectivity index (χ3v) is 5.45. The maximum Gasteiger partial charge on any atom is 0.243 e. The average molecular weight is 380 g/mol. The van der Waals surface area contributed by atoms with E-state index in [2.05, 4.69) is 5.32 Å². The number of aryl methyl sites for hydroxylation is 1. The maximum absolute atomic E-state index is 12.9. The van der Waals surface area contributed by atoms with Crippen molar-refractivity contribution in [2.75, 3.05) is 25.5 Å². The molecule has 0 bridgehead atoms. The highest BCUT2D eigenvalue weighted by Gasteiger charge is 2.23. The number of nitrogens with zero attached hydrogens (tertiary/aromatic N) is 1. The quantitative estimate of drug-likeness (QED) is 0.801. The van der Waals surface area contributed by atoms with E-state index in [1.165, 1.54) is 43.4 Å². The van der Waals surface area contributed by atoms with E-state index in [-0.39, 0.29) is 11.4 Å². The molecule has 140 valence electrons. The number of nitrogens with one attached hydrogen (secondary N) is 1. The molecule has 0 aromatic heterocycles. The number of sulfonamides is 1. The van der Waals surface area contributed by atoms with Gasteiger partial charge in [-0.3, -0.25) is 4.79 Å². The summed E-state index contributed by atoms with van der Waals surface area (Å²) in [6.45, 7) is 3.71. The summed E-state index contributed by atoms with van der Waals surface area (Å²) in [4.78, 5) is 12.1. The normalized spacial score (nSPS) is 11.4. The van der Waals surface area contributed by atoms with Crippen molar-refractivity contribution < 1.29 is 22.3 Å². The molecule has 1 amide bonds. The topological polar surface area (TPSA) is 75.7 Å². The summed E-state index contributed by atoms with van der Waals surface area (Å²) in [5.74, 6) is -0.331. The Morgan fingerprint density at radius 2 is 1.85 bits per heavy atom. The van der Waals surface area contributed by atoms with Gasteiger partial charge in [-0.05, 0) is 61.9 Å². The molecule has 2 aromatic rings. The zero-order valence-electron chi connectivity index (χ0n) is 14.8. The first-order valence-electron chi connectivity index (χ1n) is 7.99. The molecule has 0 aliphatic rings. The second-order valence-electron chi connectivity index (χ2n) is 5.68. The molecule has 0 spiro atoms. The highest BCUT2D eigenvalue weighted by Crippen LogP contribution is 2.23. The minimum absolute atomic E-state index is 0.0792. The Labute approximate surface area is 152 Å². The summed E-state index contributed by atoms with van der Waals surface area (Å²) in [7, 11) is -2.51. The number of hydrogen-bond donors (Lipinski definition) is 1. The van der Waals surface area contributed by atoms with Crippen LogP contribution in [0, 0.1) is 12.7 Å². The first-order chi connectivity index (χ1) is 12.2. The number of amides is 1. The van der Waals surface area contributed by atoms with E-state index in [0.717, 1.165) is 4.31 Å². The summed E-state index contributed by atoms with van der Waals surface area (Å²) in [5, 5.41) is 2.53. The van der Waals surface area contributed by atoms with Crippen molar-refractivity contribution in [2.24, 2.45) is 0 Å². The fraction of sp³-hybridized carbons (Fsp3) is 0.278. The van der Waals surface area contributed by atoms with Crippen LogP contribution < -0.4 is 10.1 Å². The summed E-state index contributed by atoms with van der Waals surface area (Å²) in [5.41, 5.74) is 1.08. The molecule has 2 rings (SSSR count). The van der Waals surface area contributed by atoms with Gasteiger partial charge >= 0.3 is 0 Å². The Morgan fingerprint density at radius 1 is 1.19 bits per heavy atom. The van der Waals surface area contributed by atoms with E-state index in [1.807, 2.05) is 6.92 Å². The van der Waals surface area contributed by atoms with Crippen LogP contribution in [-0.2, 0) is 14.8 Å². The fourth-order valence-electron chi connectivity index (χ4n) is 2.30. The average Bonchev–Trinajstić information content (AvgIpc) is 2.58. The van der Waals surface area contributed by atoms with E-state index >= 15 is 0 Å². The molecule has 0 saturated carbocycles. The molecule has 0 heterocycles. The number of halogens is 1. The molecule has 0 aliphatic carbocycles. The second kappa shape index (κ2) is 8.29. The monoisotopic (exact) mass is 380 g/mol. The van der Waals surface area contributed by atoms with Crippen LogP contribution in [0.3, 0.4) is 0 Å². The standard InChI is InChI=1S/C18H21FN2O4S/c1-4-25-17-10-9-16(11-13(17)2)26(23,24)21(3)12-18(22)20-15-7-5-14(19)6-8-15/h5-11H,4,12H2,1-3H3,(H,20,22). The van der Waals surface area contributed by atoms with Crippen LogP contribution in [0.5, 0.6) is 5.75 Å². The predicted octanol–water partition coefficient (Wildman–Crippen LogP) is 2.79. The zero-order chi connectivity index (χ0) is 19.3. The molecule has 2 aromatic carbocycles. The van der Waals surface area contributed by atoms with Gasteiger partial charge in [0, 0.05) is 12.7 Å². The summed E-state index contributed by atoms with van der Waals surface area (Å²) >= 11 is 0. The molecule has 8 heteroatoms. The van der Waals surface area contributed by atoms with Gasteiger partial charge < -0.3 is 10.1 Å². The molecule has 0 unspecified atom stereocenters. The number of carbonyl (C=O) groups is 1. The third kappa shape index (κ3) is 4.80. The second-order valence-corrected chi connectivity index (χ2v) is 7.72. The minimum atomic E-state index is -3.83. The van der Waals surface area contributed by atoms with Crippen molar-refractivity contribution in [3.8, 4) is 5.75 Å². The molecule has 0 saturated heterocycles. The van der Waals surface area contributed by atoms with E-state index < -0.39 is 21.7 Å². The summed E-state index contributed by atoms with van der Waals surface area (Å²) in [6.07, 6.45) is 0. The van der Waals surface area contributed by atoms with E-state index in [4.69, 9.17) is 4.74 Å². The van der Waals surface area contributed by atoms with E-state index in [1.54, 1.807) is 13.0 Å². The number of anilines is 1. The van der Waals surface area contributed by atoms with Gasteiger partial charge in [-0.15, -0.1) is 0 Å². The molecule has 0 atom stereocenters. The molecular formula is C18H21FN2O4S. The number of hydrogen-bond acceptors (Lipinski definition) is 4. The number of likely N-dealkylation sites (N-methyl/N-ethyl adjacent to an activating group) is 1. The van der Waals surface area contributed by atoms with Crippen LogP contribution in [0.2, 0.25) is 0 Å². The van der Waals surface area contributed by atoms with Crippen molar-refractivity contribution >= 4 is 21.6 Å². The van der Waals surface area contributed by atoms with Gasteiger partial charge in [0.15, 0.2) is 0 Å². The van der Waals surface area contributed by atoms with Crippen molar-refractivity contribution in [1.29, 1.82) is 0 Å². The first kappa shape index (κ1) is 19.9. The third-order valence-electron chi connectivity index (χ3n) is 3.65. The molecule has 1 N–H and O–H groups in total. The Hall–Kier alpha value is -2.45. The number of ether oxygens (including phenoxy) is 1. The predicted molar refractivity (Wildman–Crippen MR) is 97.2 cm³/mol. The Morgan fingerprint density at radius 3 is 2.42 bits per heavy atom. The van der Waals surface area contributed by atoms with Gasteiger partial charge in [0.25, 0.3) is 0 Å². The SMILES string of the molecule is CCOc1ccc(S(=O)(=O)N(C)CC(=O)Nc2ccc(F)cc2)cc1C. The van der Waals surface area contributed by atoms with Crippen LogP contribution in [0.15, 0.2) is 47.4 Å². The van der Waals surface area contributed by atoms with Crippen LogP contribution in [0.25, 0.3) is 0 Å². The maximum atomic E-state index is 12.9. The summed E-state index contributed by atoms with van der Waals surface area (Å²) in [6, 6.07) is 9.77. The minimum Gasteiger partial charge on any atom is -0.494 e. The van der Waals surface area contributed by atoms with Gasteiger partial charge in [0.2, 0.25) is 15.9 Å². The Kier molecular flexibility index (Phi) is 6.33. The van der Waals surface area contributed by atoms with Crippen LogP contribution in [0.1, 0.15) is 12.5 Å². The zero-order valence-corrected chi connectivity index (χ0v) is 15.6. The van der Waals surface area contributed by atoms with Gasteiger partial charge in [0.1, 0.15) is 11.6 Å². The lowest BCUT2D eigenvalue weighted by molar-refractivity contribution is -0.116. The lowest BCUT2D eigenvalue weighted by atomic mass is 10.2. The molecule has 0 radical (unpaired) electrons. The van der Waals surface area contributed by atoms with Crippen LogP contribution >= 0.6 is 0 Å². The largest absolute Gasteiger partial charge is 0.494 e.